The monoisotopic (exact) mass is 233 g/mol. The zero-order valence-corrected chi connectivity index (χ0v) is 10.7. The highest BCUT2D eigenvalue weighted by atomic mass is 15.1. The number of nitrogens with zero attached hydrogens (tertiary/aromatic N) is 2. The van der Waals surface area contributed by atoms with Crippen LogP contribution in [0.15, 0.2) is 24.4 Å². The molecule has 2 heterocycles. The van der Waals surface area contributed by atoms with Gasteiger partial charge >= 0.3 is 0 Å². The highest BCUT2D eigenvalue weighted by Gasteiger charge is 2.14. The highest BCUT2D eigenvalue weighted by molar-refractivity contribution is 5.03. The molecule has 1 fully saturated rings. The SMILES string of the molecule is CN(CCc1ccccn1)CC1CCCCN1. The van der Waals surface area contributed by atoms with Gasteiger partial charge in [0.2, 0.25) is 0 Å². The standard InChI is InChI=1S/C14H23N3/c1-17(12-14-7-3-5-10-16-14)11-8-13-6-2-4-9-15-13/h2,4,6,9,14,16H,3,5,7-8,10-12H2,1H3. The first-order valence-electron chi connectivity index (χ1n) is 6.66. The predicted molar refractivity (Wildman–Crippen MR) is 71.1 cm³/mol. The van der Waals surface area contributed by atoms with Crippen LogP contribution in [0.25, 0.3) is 0 Å². The summed E-state index contributed by atoms with van der Waals surface area (Å²) in [5.74, 6) is 0. The maximum Gasteiger partial charge on any atom is 0.0416 e. The molecule has 17 heavy (non-hydrogen) atoms. The van der Waals surface area contributed by atoms with E-state index in [0.717, 1.165) is 19.5 Å². The largest absolute Gasteiger partial charge is 0.313 e. The molecule has 0 saturated carbocycles. The Morgan fingerprint density at radius 2 is 2.35 bits per heavy atom. The van der Waals surface area contributed by atoms with Crippen molar-refractivity contribution in [3.63, 3.8) is 0 Å². The summed E-state index contributed by atoms with van der Waals surface area (Å²) in [5.41, 5.74) is 1.19. The molecule has 1 aromatic rings. The van der Waals surface area contributed by atoms with Crippen LogP contribution in [0.1, 0.15) is 25.0 Å². The van der Waals surface area contributed by atoms with Crippen LogP contribution >= 0.6 is 0 Å². The van der Waals surface area contributed by atoms with Crippen molar-refractivity contribution in [2.24, 2.45) is 0 Å². The van der Waals surface area contributed by atoms with Crippen molar-refractivity contribution >= 4 is 0 Å². The van der Waals surface area contributed by atoms with E-state index in [0.29, 0.717) is 6.04 Å². The Balaban J connectivity index is 1.68. The van der Waals surface area contributed by atoms with Crippen molar-refractivity contribution in [2.45, 2.75) is 31.7 Å². The van der Waals surface area contributed by atoms with Crippen LogP contribution in [0, 0.1) is 0 Å². The second kappa shape index (κ2) is 6.72. The normalized spacial score (nSPS) is 20.7. The lowest BCUT2D eigenvalue weighted by atomic mass is 10.0. The third kappa shape index (κ3) is 4.44. The fraction of sp³-hybridized carbons (Fsp3) is 0.643. The van der Waals surface area contributed by atoms with Gasteiger partial charge in [-0.1, -0.05) is 12.5 Å². The van der Waals surface area contributed by atoms with E-state index in [2.05, 4.69) is 34.4 Å². The summed E-state index contributed by atoms with van der Waals surface area (Å²) in [6.45, 7) is 3.45. The fourth-order valence-electron chi connectivity index (χ4n) is 2.40. The Bertz CT molecular complexity index is 307. The molecule has 1 N–H and O–H groups in total. The van der Waals surface area contributed by atoms with Gasteiger partial charge in [-0.3, -0.25) is 4.98 Å². The molecular formula is C14H23N3. The number of rotatable bonds is 5. The summed E-state index contributed by atoms with van der Waals surface area (Å²) in [7, 11) is 2.21. The van der Waals surface area contributed by atoms with E-state index in [-0.39, 0.29) is 0 Å². The van der Waals surface area contributed by atoms with Gasteiger partial charge in [0.05, 0.1) is 0 Å². The molecule has 0 aromatic carbocycles. The molecule has 1 saturated heterocycles. The van der Waals surface area contributed by atoms with Crippen LogP contribution in [0.2, 0.25) is 0 Å². The molecule has 3 heteroatoms. The number of likely N-dealkylation sites (N-methyl/N-ethyl adjacent to an activating group) is 1. The quantitative estimate of drug-likeness (QED) is 0.839. The van der Waals surface area contributed by atoms with Gasteiger partial charge in [0, 0.05) is 37.4 Å². The number of hydrogen-bond acceptors (Lipinski definition) is 3. The van der Waals surface area contributed by atoms with Crippen molar-refractivity contribution < 1.29 is 0 Å². The van der Waals surface area contributed by atoms with Crippen molar-refractivity contribution in [1.82, 2.24) is 15.2 Å². The van der Waals surface area contributed by atoms with Crippen molar-refractivity contribution in [1.29, 1.82) is 0 Å². The van der Waals surface area contributed by atoms with Crippen LogP contribution in [0.4, 0.5) is 0 Å². The summed E-state index contributed by atoms with van der Waals surface area (Å²) in [6.07, 6.45) is 6.97. The molecule has 0 spiro atoms. The Hall–Kier alpha value is -0.930. The van der Waals surface area contributed by atoms with Gasteiger partial charge in [-0.2, -0.15) is 0 Å². The first-order chi connectivity index (χ1) is 8.34. The first kappa shape index (κ1) is 12.5. The average molecular weight is 233 g/mol. The predicted octanol–water partition coefficient (Wildman–Crippen LogP) is 1.70. The van der Waals surface area contributed by atoms with Crippen molar-refractivity contribution in [2.75, 3.05) is 26.7 Å². The van der Waals surface area contributed by atoms with Crippen LogP contribution < -0.4 is 5.32 Å². The van der Waals surface area contributed by atoms with Gasteiger partial charge in [-0.15, -0.1) is 0 Å². The molecule has 1 aliphatic rings. The van der Waals surface area contributed by atoms with Gasteiger partial charge in [-0.25, -0.2) is 0 Å². The topological polar surface area (TPSA) is 28.2 Å². The Morgan fingerprint density at radius 1 is 1.41 bits per heavy atom. The summed E-state index contributed by atoms with van der Waals surface area (Å²) < 4.78 is 0. The Morgan fingerprint density at radius 3 is 3.06 bits per heavy atom. The molecule has 1 aromatic heterocycles. The maximum atomic E-state index is 4.36. The Kier molecular flexibility index (Phi) is 4.95. The summed E-state index contributed by atoms with van der Waals surface area (Å²) >= 11 is 0. The van der Waals surface area contributed by atoms with E-state index in [1.807, 2.05) is 12.3 Å². The molecule has 0 amide bonds. The molecule has 0 aliphatic carbocycles. The summed E-state index contributed by atoms with van der Waals surface area (Å²) in [5, 5.41) is 3.59. The number of nitrogens with one attached hydrogen (secondary N) is 1. The van der Waals surface area contributed by atoms with Crippen LogP contribution in [-0.2, 0) is 6.42 Å². The van der Waals surface area contributed by atoms with Gasteiger partial charge < -0.3 is 10.2 Å². The molecular weight excluding hydrogens is 210 g/mol. The molecule has 2 rings (SSSR count). The zero-order chi connectivity index (χ0) is 11.9. The van der Waals surface area contributed by atoms with Gasteiger partial charge in [0.15, 0.2) is 0 Å². The van der Waals surface area contributed by atoms with Gasteiger partial charge in [-0.05, 0) is 38.6 Å². The van der Waals surface area contributed by atoms with E-state index >= 15 is 0 Å². The van der Waals surface area contributed by atoms with Crippen LogP contribution in [0.5, 0.6) is 0 Å². The third-order valence-electron chi connectivity index (χ3n) is 3.42. The lowest BCUT2D eigenvalue weighted by Gasteiger charge is -2.28. The first-order valence-corrected chi connectivity index (χ1v) is 6.66. The minimum Gasteiger partial charge on any atom is -0.313 e. The van der Waals surface area contributed by atoms with Crippen molar-refractivity contribution in [3.8, 4) is 0 Å². The second-order valence-electron chi connectivity index (χ2n) is 4.98. The molecule has 3 nitrogen and oxygen atoms in total. The van der Waals surface area contributed by atoms with E-state index in [4.69, 9.17) is 0 Å². The zero-order valence-electron chi connectivity index (χ0n) is 10.7. The van der Waals surface area contributed by atoms with Gasteiger partial charge in [0.1, 0.15) is 0 Å². The van der Waals surface area contributed by atoms with Crippen LogP contribution in [0.3, 0.4) is 0 Å². The average Bonchev–Trinajstić information content (AvgIpc) is 2.39. The van der Waals surface area contributed by atoms with E-state index < -0.39 is 0 Å². The number of pyridine rings is 1. The fourth-order valence-corrected chi connectivity index (χ4v) is 2.40. The molecule has 0 radical (unpaired) electrons. The van der Waals surface area contributed by atoms with Gasteiger partial charge in [0.25, 0.3) is 0 Å². The smallest absolute Gasteiger partial charge is 0.0416 e. The minimum atomic E-state index is 0.692. The molecule has 1 aliphatic heterocycles. The summed E-state index contributed by atoms with van der Waals surface area (Å²) in [6, 6.07) is 6.83. The van der Waals surface area contributed by atoms with E-state index in [1.54, 1.807) is 0 Å². The van der Waals surface area contributed by atoms with E-state index in [9.17, 15) is 0 Å². The summed E-state index contributed by atoms with van der Waals surface area (Å²) in [4.78, 5) is 6.77. The highest BCUT2D eigenvalue weighted by Crippen LogP contribution is 2.08. The minimum absolute atomic E-state index is 0.692. The Labute approximate surface area is 104 Å². The lowest BCUT2D eigenvalue weighted by Crippen LogP contribution is -2.42. The number of aromatic nitrogens is 1. The van der Waals surface area contributed by atoms with Crippen LogP contribution in [-0.4, -0.2) is 42.6 Å². The van der Waals surface area contributed by atoms with Crippen molar-refractivity contribution in [3.05, 3.63) is 30.1 Å². The molecule has 1 unspecified atom stereocenters. The maximum absolute atomic E-state index is 4.36. The molecule has 1 atom stereocenters. The molecule has 0 bridgehead atoms. The second-order valence-corrected chi connectivity index (χ2v) is 4.98. The lowest BCUT2D eigenvalue weighted by molar-refractivity contribution is 0.264. The number of hydrogen-bond donors (Lipinski definition) is 1. The third-order valence-corrected chi connectivity index (χ3v) is 3.42. The van der Waals surface area contributed by atoms with E-state index in [1.165, 1.54) is 31.5 Å². The molecule has 94 valence electrons. The number of piperidine rings is 1.